The van der Waals surface area contributed by atoms with Crippen molar-refractivity contribution in [1.82, 2.24) is 24.7 Å². The number of aromatic nitrogens is 2. The average Bonchev–Trinajstić information content (AvgIpc) is 2.71. The summed E-state index contributed by atoms with van der Waals surface area (Å²) in [5, 5.41) is 4.57. The van der Waals surface area contributed by atoms with Crippen molar-refractivity contribution in [3.8, 4) is 0 Å². The molecule has 1 amide bonds. The lowest BCUT2D eigenvalue weighted by atomic mass is 10.2. The Hall–Kier alpha value is -1.90. The molecule has 3 rings (SSSR count). The van der Waals surface area contributed by atoms with Crippen LogP contribution in [0.15, 0.2) is 24.3 Å². The predicted octanol–water partition coefficient (Wildman–Crippen LogP) is 2.00. The standard InChI is InChI=1S/C21H32N6OS/c1-25(2)10-6-9-22-21-17-7-4-5-8-18(17)23-19(24-21)15-26-11-13-27(14-12-26)20(28)16-29-3/h4-5,7-8H,6,9-16H2,1-3H3,(H,22,23,24). The van der Waals surface area contributed by atoms with Gasteiger partial charge in [0, 0.05) is 38.1 Å². The number of para-hydroxylation sites is 1. The van der Waals surface area contributed by atoms with Crippen molar-refractivity contribution in [1.29, 1.82) is 0 Å². The number of thioether (sulfide) groups is 1. The summed E-state index contributed by atoms with van der Waals surface area (Å²) in [6, 6.07) is 8.17. The maximum Gasteiger partial charge on any atom is 0.232 e. The first-order valence-electron chi connectivity index (χ1n) is 10.2. The van der Waals surface area contributed by atoms with E-state index < -0.39 is 0 Å². The van der Waals surface area contributed by atoms with Gasteiger partial charge in [-0.15, -0.1) is 0 Å². The number of anilines is 1. The van der Waals surface area contributed by atoms with E-state index in [1.54, 1.807) is 11.8 Å². The van der Waals surface area contributed by atoms with Gasteiger partial charge in [-0.1, -0.05) is 12.1 Å². The quantitative estimate of drug-likeness (QED) is 0.627. The van der Waals surface area contributed by atoms with Gasteiger partial charge < -0.3 is 15.1 Å². The third-order valence-corrected chi connectivity index (χ3v) is 5.62. The number of nitrogens with one attached hydrogen (secondary N) is 1. The predicted molar refractivity (Wildman–Crippen MR) is 121 cm³/mol. The number of piperazine rings is 1. The largest absolute Gasteiger partial charge is 0.369 e. The molecule has 8 heteroatoms. The second-order valence-corrected chi connectivity index (χ2v) is 8.55. The first kappa shape index (κ1) is 21.8. The van der Waals surface area contributed by atoms with Crippen molar-refractivity contribution < 1.29 is 4.79 Å². The summed E-state index contributed by atoms with van der Waals surface area (Å²) in [5.74, 6) is 2.56. The van der Waals surface area contributed by atoms with Gasteiger partial charge in [-0.3, -0.25) is 9.69 Å². The lowest BCUT2D eigenvalue weighted by Crippen LogP contribution is -2.49. The molecule has 0 spiro atoms. The second-order valence-electron chi connectivity index (χ2n) is 7.68. The van der Waals surface area contributed by atoms with Gasteiger partial charge in [-0.25, -0.2) is 9.97 Å². The van der Waals surface area contributed by atoms with Gasteiger partial charge in [0.15, 0.2) is 0 Å². The minimum Gasteiger partial charge on any atom is -0.369 e. The SMILES string of the molecule is CSCC(=O)N1CCN(Cc2nc(NCCCN(C)C)c3ccccc3n2)CC1. The number of nitrogens with zero attached hydrogens (tertiary/aromatic N) is 5. The molecular formula is C21H32N6OS. The molecule has 158 valence electrons. The maximum absolute atomic E-state index is 12.1. The number of hydrogen-bond acceptors (Lipinski definition) is 7. The monoisotopic (exact) mass is 416 g/mol. The Balaban J connectivity index is 1.64. The minimum absolute atomic E-state index is 0.239. The van der Waals surface area contributed by atoms with Crippen LogP contribution in [0.25, 0.3) is 10.9 Å². The summed E-state index contributed by atoms with van der Waals surface area (Å²) in [4.78, 5) is 28.2. The van der Waals surface area contributed by atoms with Crippen molar-refractivity contribution in [2.24, 2.45) is 0 Å². The molecule has 2 heterocycles. The van der Waals surface area contributed by atoms with E-state index >= 15 is 0 Å². The van der Waals surface area contributed by atoms with E-state index in [4.69, 9.17) is 9.97 Å². The van der Waals surface area contributed by atoms with Crippen LogP contribution < -0.4 is 5.32 Å². The van der Waals surface area contributed by atoms with Crippen LogP contribution in [0, 0.1) is 0 Å². The van der Waals surface area contributed by atoms with Gasteiger partial charge in [0.25, 0.3) is 0 Å². The van der Waals surface area contributed by atoms with E-state index in [1.165, 1.54) is 0 Å². The number of amides is 1. The van der Waals surface area contributed by atoms with Crippen molar-refractivity contribution >= 4 is 34.4 Å². The molecule has 0 bridgehead atoms. The molecule has 0 atom stereocenters. The van der Waals surface area contributed by atoms with Crippen molar-refractivity contribution in [3.05, 3.63) is 30.1 Å². The highest BCUT2D eigenvalue weighted by Gasteiger charge is 2.21. The van der Waals surface area contributed by atoms with Gasteiger partial charge in [0.05, 0.1) is 17.8 Å². The smallest absolute Gasteiger partial charge is 0.232 e. The van der Waals surface area contributed by atoms with Gasteiger partial charge in [-0.2, -0.15) is 11.8 Å². The summed E-state index contributed by atoms with van der Waals surface area (Å²) in [6.45, 7) is 5.92. The van der Waals surface area contributed by atoms with E-state index in [0.717, 1.165) is 68.2 Å². The molecule has 1 fully saturated rings. The Kier molecular flexibility index (Phi) is 8.09. The summed E-state index contributed by atoms with van der Waals surface area (Å²) in [5.41, 5.74) is 0.974. The number of rotatable bonds is 9. The second kappa shape index (κ2) is 10.8. The fourth-order valence-electron chi connectivity index (χ4n) is 3.50. The first-order chi connectivity index (χ1) is 14.1. The normalized spacial score (nSPS) is 15.2. The van der Waals surface area contributed by atoms with Crippen LogP contribution in [-0.2, 0) is 11.3 Å². The maximum atomic E-state index is 12.1. The summed E-state index contributed by atoms with van der Waals surface area (Å²) >= 11 is 1.58. The highest BCUT2D eigenvalue weighted by molar-refractivity contribution is 7.99. The lowest BCUT2D eigenvalue weighted by molar-refractivity contribution is -0.130. The third-order valence-electron chi connectivity index (χ3n) is 5.08. The van der Waals surface area contributed by atoms with Crippen molar-refractivity contribution in [3.63, 3.8) is 0 Å². The zero-order chi connectivity index (χ0) is 20.6. The molecule has 1 N–H and O–H groups in total. The summed E-state index contributed by atoms with van der Waals surface area (Å²) < 4.78 is 0. The zero-order valence-corrected chi connectivity index (χ0v) is 18.5. The van der Waals surface area contributed by atoms with Gasteiger partial charge in [-0.05, 0) is 45.4 Å². The van der Waals surface area contributed by atoms with Crippen LogP contribution >= 0.6 is 11.8 Å². The molecule has 1 aromatic carbocycles. The van der Waals surface area contributed by atoms with E-state index in [9.17, 15) is 4.79 Å². The Morgan fingerprint density at radius 1 is 1.17 bits per heavy atom. The zero-order valence-electron chi connectivity index (χ0n) is 17.7. The van der Waals surface area contributed by atoms with Crippen LogP contribution in [0.4, 0.5) is 5.82 Å². The Morgan fingerprint density at radius 3 is 2.66 bits per heavy atom. The number of fused-ring (bicyclic) bond motifs is 1. The van der Waals surface area contributed by atoms with Crippen molar-refractivity contribution in [2.45, 2.75) is 13.0 Å². The summed E-state index contributed by atoms with van der Waals surface area (Å²) in [6.07, 6.45) is 3.03. The molecule has 29 heavy (non-hydrogen) atoms. The fraction of sp³-hybridized carbons (Fsp3) is 0.571. The first-order valence-corrected chi connectivity index (χ1v) is 11.6. The van der Waals surface area contributed by atoms with E-state index in [2.05, 4.69) is 35.3 Å². The Bertz CT molecular complexity index is 807. The van der Waals surface area contributed by atoms with E-state index in [-0.39, 0.29) is 5.91 Å². The van der Waals surface area contributed by atoms with E-state index in [0.29, 0.717) is 12.3 Å². The highest BCUT2D eigenvalue weighted by Crippen LogP contribution is 2.21. The van der Waals surface area contributed by atoms with Gasteiger partial charge >= 0.3 is 0 Å². The third kappa shape index (κ3) is 6.29. The van der Waals surface area contributed by atoms with Crippen LogP contribution in [0.2, 0.25) is 0 Å². The minimum atomic E-state index is 0.239. The molecule has 0 saturated carbocycles. The topological polar surface area (TPSA) is 64.6 Å². The number of carbonyl (C=O) groups excluding carboxylic acids is 1. The molecule has 1 aromatic heterocycles. The number of hydrogen-bond donors (Lipinski definition) is 1. The number of benzene rings is 1. The van der Waals surface area contributed by atoms with E-state index in [1.807, 2.05) is 29.4 Å². The Labute approximate surface area is 177 Å². The molecule has 1 saturated heterocycles. The summed E-state index contributed by atoms with van der Waals surface area (Å²) in [7, 11) is 4.18. The molecule has 0 radical (unpaired) electrons. The fourth-order valence-corrected chi connectivity index (χ4v) is 3.93. The molecular weight excluding hydrogens is 384 g/mol. The lowest BCUT2D eigenvalue weighted by Gasteiger charge is -2.34. The molecule has 0 aliphatic carbocycles. The van der Waals surface area contributed by atoms with Gasteiger partial charge in [0.1, 0.15) is 11.6 Å². The molecule has 1 aliphatic heterocycles. The van der Waals surface area contributed by atoms with Crippen LogP contribution in [0.1, 0.15) is 12.2 Å². The molecule has 0 unspecified atom stereocenters. The molecule has 2 aromatic rings. The Morgan fingerprint density at radius 2 is 1.93 bits per heavy atom. The highest BCUT2D eigenvalue weighted by atomic mass is 32.2. The van der Waals surface area contributed by atoms with Crippen LogP contribution in [0.3, 0.4) is 0 Å². The molecule has 7 nitrogen and oxygen atoms in total. The van der Waals surface area contributed by atoms with Crippen LogP contribution in [-0.4, -0.2) is 95.9 Å². The van der Waals surface area contributed by atoms with Crippen LogP contribution in [0.5, 0.6) is 0 Å². The van der Waals surface area contributed by atoms with Gasteiger partial charge in [0.2, 0.25) is 5.91 Å². The number of carbonyl (C=O) groups is 1. The molecule has 1 aliphatic rings. The van der Waals surface area contributed by atoms with Crippen molar-refractivity contribution in [2.75, 3.05) is 70.7 Å². The average molecular weight is 417 g/mol.